The van der Waals surface area contributed by atoms with Crippen LogP contribution in [0, 0.1) is 0 Å². The second kappa shape index (κ2) is 9.23. The maximum atomic E-state index is 12.6. The van der Waals surface area contributed by atoms with Crippen molar-refractivity contribution in [3.8, 4) is 26.7 Å². The standard InChI is InChI=1S/C26H24ClN3O2S2/c1-26(2,32)24-15-21(30(28-24)20-6-4-3-5-19(20)27)23-12-11-22(34-23)17-7-9-18(10-8-17)25(31)29-13-14-33-16-29/h3-12,15,32H,13-14,16H2,1-2H3. The molecule has 5 rings (SSSR count). The number of rotatable bonds is 5. The summed E-state index contributed by atoms with van der Waals surface area (Å²) in [6.45, 7) is 4.25. The van der Waals surface area contributed by atoms with Crippen molar-refractivity contribution in [2.45, 2.75) is 19.4 Å². The third kappa shape index (κ3) is 4.53. The van der Waals surface area contributed by atoms with Gasteiger partial charge >= 0.3 is 0 Å². The predicted octanol–water partition coefficient (Wildman–Crippen LogP) is 6.30. The Morgan fingerprint density at radius 3 is 2.47 bits per heavy atom. The maximum absolute atomic E-state index is 12.6. The highest BCUT2D eigenvalue weighted by atomic mass is 35.5. The zero-order valence-corrected chi connectivity index (χ0v) is 21.3. The van der Waals surface area contributed by atoms with E-state index in [2.05, 4.69) is 17.2 Å². The smallest absolute Gasteiger partial charge is 0.254 e. The number of benzene rings is 2. The first-order valence-electron chi connectivity index (χ1n) is 11.0. The third-order valence-electron chi connectivity index (χ3n) is 5.73. The van der Waals surface area contributed by atoms with E-state index < -0.39 is 5.60 Å². The van der Waals surface area contributed by atoms with Crippen LogP contribution in [-0.2, 0) is 5.60 Å². The molecule has 1 aliphatic heterocycles. The molecule has 0 bridgehead atoms. The normalized spacial score (nSPS) is 14.1. The van der Waals surface area contributed by atoms with Crippen LogP contribution in [0.1, 0.15) is 29.9 Å². The Hall–Kier alpha value is -2.58. The van der Waals surface area contributed by atoms with Crippen molar-refractivity contribution in [3.05, 3.63) is 83.0 Å². The molecule has 1 saturated heterocycles. The van der Waals surface area contributed by atoms with E-state index >= 15 is 0 Å². The van der Waals surface area contributed by atoms with Gasteiger partial charge in [-0.2, -0.15) is 5.10 Å². The lowest BCUT2D eigenvalue weighted by molar-refractivity contribution is 0.0734. The van der Waals surface area contributed by atoms with Crippen LogP contribution in [0.3, 0.4) is 0 Å². The summed E-state index contributed by atoms with van der Waals surface area (Å²) in [5, 5.41) is 15.9. The van der Waals surface area contributed by atoms with Crippen LogP contribution in [-0.4, -0.2) is 43.9 Å². The highest BCUT2D eigenvalue weighted by Crippen LogP contribution is 2.38. The van der Waals surface area contributed by atoms with E-state index in [0.29, 0.717) is 10.7 Å². The molecular weight excluding hydrogens is 486 g/mol. The first kappa shape index (κ1) is 23.2. The van der Waals surface area contributed by atoms with Crippen molar-refractivity contribution in [1.29, 1.82) is 0 Å². The number of para-hydroxylation sites is 1. The quantitative estimate of drug-likeness (QED) is 0.343. The van der Waals surface area contributed by atoms with E-state index in [4.69, 9.17) is 11.6 Å². The molecule has 0 saturated carbocycles. The number of halogens is 1. The molecule has 1 amide bonds. The average molecular weight is 510 g/mol. The monoisotopic (exact) mass is 509 g/mol. The lowest BCUT2D eigenvalue weighted by atomic mass is 10.1. The summed E-state index contributed by atoms with van der Waals surface area (Å²) in [7, 11) is 0. The van der Waals surface area contributed by atoms with Gasteiger partial charge in [-0.3, -0.25) is 4.79 Å². The average Bonchev–Trinajstić information content (AvgIpc) is 3.59. The van der Waals surface area contributed by atoms with E-state index in [0.717, 1.165) is 50.4 Å². The largest absolute Gasteiger partial charge is 0.384 e. The molecule has 1 aliphatic rings. The predicted molar refractivity (Wildman–Crippen MR) is 141 cm³/mol. The highest BCUT2D eigenvalue weighted by molar-refractivity contribution is 7.99. The van der Waals surface area contributed by atoms with Gasteiger partial charge in [0.2, 0.25) is 0 Å². The molecule has 1 fully saturated rings. The van der Waals surface area contributed by atoms with Gasteiger partial charge in [-0.15, -0.1) is 23.1 Å². The van der Waals surface area contributed by atoms with Gasteiger partial charge in [0.15, 0.2) is 0 Å². The number of hydrogen-bond donors (Lipinski definition) is 1. The first-order chi connectivity index (χ1) is 16.3. The fourth-order valence-electron chi connectivity index (χ4n) is 3.83. The van der Waals surface area contributed by atoms with Crippen LogP contribution in [0.2, 0.25) is 5.02 Å². The molecule has 0 radical (unpaired) electrons. The van der Waals surface area contributed by atoms with Crippen molar-refractivity contribution < 1.29 is 9.90 Å². The minimum atomic E-state index is -1.09. The summed E-state index contributed by atoms with van der Waals surface area (Å²) < 4.78 is 1.79. The molecular formula is C26H24ClN3O2S2. The minimum Gasteiger partial charge on any atom is -0.384 e. The zero-order chi connectivity index (χ0) is 23.9. The Balaban J connectivity index is 1.48. The van der Waals surface area contributed by atoms with E-state index in [1.807, 2.05) is 59.5 Å². The molecule has 0 unspecified atom stereocenters. The number of carbonyl (C=O) groups excluding carboxylic acids is 1. The van der Waals surface area contributed by atoms with Gasteiger partial charge in [0, 0.05) is 22.7 Å². The highest BCUT2D eigenvalue weighted by Gasteiger charge is 2.24. The molecule has 3 heterocycles. The molecule has 174 valence electrons. The third-order valence-corrected chi connectivity index (χ3v) is 8.17. The Morgan fingerprint density at radius 1 is 1.06 bits per heavy atom. The Bertz CT molecular complexity index is 1330. The van der Waals surface area contributed by atoms with Gasteiger partial charge in [-0.05, 0) is 61.9 Å². The van der Waals surface area contributed by atoms with E-state index in [9.17, 15) is 9.90 Å². The second-order valence-corrected chi connectivity index (χ2v) is 11.2. The van der Waals surface area contributed by atoms with Crippen molar-refractivity contribution in [1.82, 2.24) is 14.7 Å². The number of thioether (sulfide) groups is 1. The molecule has 1 N–H and O–H groups in total. The zero-order valence-electron chi connectivity index (χ0n) is 18.9. The lowest BCUT2D eigenvalue weighted by Gasteiger charge is -2.14. The molecule has 2 aromatic carbocycles. The summed E-state index contributed by atoms with van der Waals surface area (Å²) in [6, 6.07) is 21.4. The van der Waals surface area contributed by atoms with Crippen molar-refractivity contribution in [2.24, 2.45) is 0 Å². The minimum absolute atomic E-state index is 0.0891. The summed E-state index contributed by atoms with van der Waals surface area (Å²) in [5.74, 6) is 1.86. The van der Waals surface area contributed by atoms with Gasteiger partial charge in [0.25, 0.3) is 5.91 Å². The fourth-order valence-corrected chi connectivity index (χ4v) is 6.00. The topological polar surface area (TPSA) is 58.4 Å². The molecule has 0 spiro atoms. The van der Waals surface area contributed by atoms with Crippen LogP contribution in [0.25, 0.3) is 26.7 Å². The summed E-state index contributed by atoms with van der Waals surface area (Å²) in [6.07, 6.45) is 0. The van der Waals surface area contributed by atoms with Gasteiger partial charge in [0.05, 0.1) is 32.9 Å². The Kier molecular flexibility index (Phi) is 6.29. The molecule has 4 aromatic rings. The van der Waals surface area contributed by atoms with Crippen LogP contribution in [0.4, 0.5) is 0 Å². The number of nitrogens with zero attached hydrogens (tertiary/aromatic N) is 3. The molecule has 8 heteroatoms. The summed E-state index contributed by atoms with van der Waals surface area (Å²) in [5.41, 5.74) is 2.87. The number of carbonyl (C=O) groups is 1. The van der Waals surface area contributed by atoms with Gasteiger partial charge in [0.1, 0.15) is 5.60 Å². The first-order valence-corrected chi connectivity index (χ1v) is 13.3. The Morgan fingerprint density at radius 2 is 1.79 bits per heavy atom. The summed E-state index contributed by atoms with van der Waals surface area (Å²) in [4.78, 5) is 16.6. The number of amides is 1. The van der Waals surface area contributed by atoms with Gasteiger partial charge in [-0.25, -0.2) is 4.68 Å². The number of hydrogen-bond acceptors (Lipinski definition) is 5. The summed E-state index contributed by atoms with van der Waals surface area (Å²) >= 11 is 9.90. The molecule has 5 nitrogen and oxygen atoms in total. The molecule has 0 atom stereocenters. The molecule has 0 aliphatic carbocycles. The number of aromatic nitrogens is 2. The second-order valence-electron chi connectivity index (χ2n) is 8.68. The van der Waals surface area contributed by atoms with Gasteiger partial charge < -0.3 is 10.0 Å². The molecule has 2 aromatic heterocycles. The van der Waals surface area contributed by atoms with Crippen LogP contribution < -0.4 is 0 Å². The van der Waals surface area contributed by atoms with E-state index in [1.165, 1.54) is 0 Å². The van der Waals surface area contributed by atoms with Crippen LogP contribution in [0.5, 0.6) is 0 Å². The van der Waals surface area contributed by atoms with Crippen LogP contribution >= 0.6 is 34.7 Å². The Labute approximate surface area is 212 Å². The number of thiophene rings is 1. The maximum Gasteiger partial charge on any atom is 0.254 e. The molecule has 34 heavy (non-hydrogen) atoms. The van der Waals surface area contributed by atoms with Crippen molar-refractivity contribution in [3.63, 3.8) is 0 Å². The SMILES string of the molecule is CC(C)(O)c1cc(-c2ccc(-c3ccc(C(=O)N4CCSC4)cc3)s2)n(-c2ccccc2Cl)n1. The van der Waals surface area contributed by atoms with Crippen molar-refractivity contribution >= 4 is 40.6 Å². The number of aliphatic hydroxyl groups is 1. The van der Waals surface area contributed by atoms with E-state index in [1.54, 1.807) is 41.6 Å². The lowest BCUT2D eigenvalue weighted by Crippen LogP contribution is -2.27. The fraction of sp³-hybridized carbons (Fsp3) is 0.231. The van der Waals surface area contributed by atoms with Gasteiger partial charge in [-0.1, -0.05) is 35.9 Å². The van der Waals surface area contributed by atoms with Crippen molar-refractivity contribution in [2.75, 3.05) is 18.2 Å². The van der Waals surface area contributed by atoms with Crippen LogP contribution in [0.15, 0.2) is 66.7 Å². The van der Waals surface area contributed by atoms with E-state index in [-0.39, 0.29) is 5.91 Å².